The molecule has 1 aliphatic rings. The summed E-state index contributed by atoms with van der Waals surface area (Å²) < 4.78 is 0. The maximum Gasteiger partial charge on any atom is 0.232 e. The van der Waals surface area contributed by atoms with Gasteiger partial charge < -0.3 is 10.0 Å². The molecule has 1 saturated heterocycles. The predicted molar refractivity (Wildman–Crippen MR) is 50.2 cm³/mol. The second kappa shape index (κ2) is 4.14. The number of aliphatic hydroxyl groups is 1. The first-order chi connectivity index (χ1) is 5.65. The molecule has 1 fully saturated rings. The molecule has 0 aromatic heterocycles. The molecule has 1 rings (SSSR count). The minimum atomic E-state index is -0.359. The molecule has 0 radical (unpaired) electrons. The Labute approximate surface area is 78.2 Å². The minimum Gasteiger partial charge on any atom is -0.391 e. The van der Waals surface area contributed by atoms with Crippen LogP contribution in [0, 0.1) is 5.92 Å². The fourth-order valence-corrected chi connectivity index (χ4v) is 1.58. The summed E-state index contributed by atoms with van der Waals surface area (Å²) in [6, 6.07) is 0. The molecule has 0 bridgehead atoms. The fourth-order valence-electron chi connectivity index (χ4n) is 1.38. The summed E-state index contributed by atoms with van der Waals surface area (Å²) in [5, 5.41) is 9.47. The molecule has 1 aliphatic heterocycles. The van der Waals surface area contributed by atoms with Crippen LogP contribution in [0.5, 0.6) is 0 Å². The molecule has 0 spiro atoms. The standard InChI is InChI=1S/C8H15NO2S/c1-6-2-3-9(4-7(6)10)8(11)5-12/h6-7,10,12H,2-5H2,1H3. The number of likely N-dealkylation sites (tertiary alicyclic amines) is 1. The van der Waals surface area contributed by atoms with E-state index in [0.29, 0.717) is 12.5 Å². The number of piperidine rings is 1. The van der Waals surface area contributed by atoms with Crippen LogP contribution in [0.15, 0.2) is 0 Å². The van der Waals surface area contributed by atoms with Crippen LogP contribution in [-0.2, 0) is 4.79 Å². The van der Waals surface area contributed by atoms with Gasteiger partial charge in [0.15, 0.2) is 0 Å². The monoisotopic (exact) mass is 189 g/mol. The van der Waals surface area contributed by atoms with Gasteiger partial charge in [-0.2, -0.15) is 12.6 Å². The SMILES string of the molecule is CC1CCN(C(=O)CS)CC1O. The summed E-state index contributed by atoms with van der Waals surface area (Å²) in [5.41, 5.74) is 0. The highest BCUT2D eigenvalue weighted by molar-refractivity contribution is 7.81. The van der Waals surface area contributed by atoms with Crippen LogP contribution in [-0.4, -0.2) is 40.9 Å². The van der Waals surface area contributed by atoms with Crippen molar-refractivity contribution in [2.45, 2.75) is 19.4 Å². The molecular formula is C8H15NO2S. The third-order valence-corrected chi connectivity index (χ3v) is 2.68. The maximum absolute atomic E-state index is 11.2. The van der Waals surface area contributed by atoms with Gasteiger partial charge in [0, 0.05) is 13.1 Å². The highest BCUT2D eigenvalue weighted by Crippen LogP contribution is 2.16. The van der Waals surface area contributed by atoms with Crippen LogP contribution >= 0.6 is 12.6 Å². The lowest BCUT2D eigenvalue weighted by Gasteiger charge is -2.33. The Hall–Kier alpha value is -0.220. The lowest BCUT2D eigenvalue weighted by molar-refractivity contribution is -0.132. The summed E-state index contributed by atoms with van der Waals surface area (Å²) in [5.74, 6) is 0.569. The lowest BCUT2D eigenvalue weighted by Crippen LogP contribution is -2.46. The van der Waals surface area contributed by atoms with Crippen molar-refractivity contribution < 1.29 is 9.90 Å². The highest BCUT2D eigenvalue weighted by Gasteiger charge is 2.26. The smallest absolute Gasteiger partial charge is 0.232 e. The van der Waals surface area contributed by atoms with Crippen LogP contribution in [0.25, 0.3) is 0 Å². The molecule has 0 aliphatic carbocycles. The Morgan fingerprint density at radius 1 is 1.75 bits per heavy atom. The Balaban J connectivity index is 2.45. The van der Waals surface area contributed by atoms with Gasteiger partial charge in [0.2, 0.25) is 5.91 Å². The summed E-state index contributed by atoms with van der Waals surface area (Å²) in [6.45, 7) is 3.24. The number of aliphatic hydroxyl groups excluding tert-OH is 1. The number of hydrogen-bond donors (Lipinski definition) is 2. The lowest BCUT2D eigenvalue weighted by atomic mass is 9.96. The van der Waals surface area contributed by atoms with E-state index in [1.54, 1.807) is 4.90 Å². The molecule has 0 saturated carbocycles. The van der Waals surface area contributed by atoms with Gasteiger partial charge in [0.05, 0.1) is 11.9 Å². The van der Waals surface area contributed by atoms with Crippen LogP contribution in [0.4, 0.5) is 0 Å². The number of thiol groups is 1. The molecule has 12 heavy (non-hydrogen) atoms. The van der Waals surface area contributed by atoms with Gasteiger partial charge in [-0.05, 0) is 12.3 Å². The predicted octanol–water partition coefficient (Wildman–Crippen LogP) is 0.145. The second-order valence-electron chi connectivity index (χ2n) is 3.33. The molecule has 1 heterocycles. The average Bonchev–Trinajstić information content (AvgIpc) is 2.08. The zero-order chi connectivity index (χ0) is 9.14. The van der Waals surface area contributed by atoms with Gasteiger partial charge in [0.1, 0.15) is 0 Å². The Kier molecular flexibility index (Phi) is 3.40. The largest absolute Gasteiger partial charge is 0.391 e. The Morgan fingerprint density at radius 2 is 2.42 bits per heavy atom. The van der Waals surface area contributed by atoms with Crippen LogP contribution in [0.3, 0.4) is 0 Å². The minimum absolute atomic E-state index is 0.0179. The van der Waals surface area contributed by atoms with E-state index in [-0.39, 0.29) is 17.8 Å². The topological polar surface area (TPSA) is 40.5 Å². The van der Waals surface area contributed by atoms with E-state index >= 15 is 0 Å². The third-order valence-electron chi connectivity index (χ3n) is 2.41. The first-order valence-electron chi connectivity index (χ1n) is 4.22. The molecule has 1 amide bonds. The van der Waals surface area contributed by atoms with Crippen LogP contribution < -0.4 is 0 Å². The summed E-state index contributed by atoms with van der Waals surface area (Å²) in [4.78, 5) is 12.8. The number of hydrogen-bond acceptors (Lipinski definition) is 3. The Morgan fingerprint density at radius 3 is 2.92 bits per heavy atom. The molecular weight excluding hydrogens is 174 g/mol. The van der Waals surface area contributed by atoms with E-state index < -0.39 is 0 Å². The number of carbonyl (C=O) groups excluding carboxylic acids is 1. The van der Waals surface area contributed by atoms with Crippen molar-refractivity contribution in [2.75, 3.05) is 18.8 Å². The zero-order valence-electron chi connectivity index (χ0n) is 7.23. The number of β-amino-alcohol motifs (C(OH)–C–C–N with tert-alkyl or cyclic N) is 1. The van der Waals surface area contributed by atoms with Crippen molar-refractivity contribution in [3.05, 3.63) is 0 Å². The molecule has 3 nitrogen and oxygen atoms in total. The molecule has 0 aromatic carbocycles. The molecule has 2 unspecified atom stereocenters. The number of carbonyl (C=O) groups is 1. The van der Waals surface area contributed by atoms with Crippen molar-refractivity contribution >= 4 is 18.5 Å². The third kappa shape index (κ3) is 2.14. The van der Waals surface area contributed by atoms with Crippen molar-refractivity contribution in [3.8, 4) is 0 Å². The van der Waals surface area contributed by atoms with E-state index in [9.17, 15) is 9.90 Å². The van der Waals surface area contributed by atoms with Gasteiger partial charge >= 0.3 is 0 Å². The van der Waals surface area contributed by atoms with Gasteiger partial charge in [-0.15, -0.1) is 0 Å². The fraction of sp³-hybridized carbons (Fsp3) is 0.875. The van der Waals surface area contributed by atoms with Gasteiger partial charge in [-0.25, -0.2) is 0 Å². The summed E-state index contributed by atoms with van der Waals surface area (Å²) in [6.07, 6.45) is 0.531. The quantitative estimate of drug-likeness (QED) is 0.576. The normalized spacial score (nSPS) is 30.4. The second-order valence-corrected chi connectivity index (χ2v) is 3.65. The molecule has 0 aromatic rings. The van der Waals surface area contributed by atoms with Crippen molar-refractivity contribution in [1.82, 2.24) is 4.90 Å². The van der Waals surface area contributed by atoms with E-state index in [1.165, 1.54) is 0 Å². The first-order valence-corrected chi connectivity index (χ1v) is 4.85. The van der Waals surface area contributed by atoms with Gasteiger partial charge in [-0.1, -0.05) is 6.92 Å². The van der Waals surface area contributed by atoms with Gasteiger partial charge in [0.25, 0.3) is 0 Å². The maximum atomic E-state index is 11.2. The van der Waals surface area contributed by atoms with E-state index in [2.05, 4.69) is 12.6 Å². The molecule has 4 heteroatoms. The van der Waals surface area contributed by atoms with E-state index in [0.717, 1.165) is 13.0 Å². The van der Waals surface area contributed by atoms with E-state index in [4.69, 9.17) is 0 Å². The van der Waals surface area contributed by atoms with Crippen molar-refractivity contribution in [2.24, 2.45) is 5.92 Å². The van der Waals surface area contributed by atoms with E-state index in [1.807, 2.05) is 6.92 Å². The number of amides is 1. The van der Waals surface area contributed by atoms with Crippen molar-refractivity contribution in [3.63, 3.8) is 0 Å². The number of rotatable bonds is 1. The highest BCUT2D eigenvalue weighted by atomic mass is 32.1. The summed E-state index contributed by atoms with van der Waals surface area (Å²) in [7, 11) is 0. The average molecular weight is 189 g/mol. The molecule has 70 valence electrons. The molecule has 2 atom stereocenters. The number of nitrogens with zero attached hydrogens (tertiary/aromatic N) is 1. The van der Waals surface area contributed by atoms with Crippen LogP contribution in [0.1, 0.15) is 13.3 Å². The zero-order valence-corrected chi connectivity index (χ0v) is 8.13. The van der Waals surface area contributed by atoms with Crippen molar-refractivity contribution in [1.29, 1.82) is 0 Å². The molecule has 1 N–H and O–H groups in total. The van der Waals surface area contributed by atoms with Crippen LogP contribution in [0.2, 0.25) is 0 Å². The Bertz CT molecular complexity index is 174. The summed E-state index contributed by atoms with van der Waals surface area (Å²) >= 11 is 3.90. The first kappa shape index (κ1) is 9.86. The van der Waals surface area contributed by atoms with Gasteiger partial charge in [-0.3, -0.25) is 4.79 Å².